The quantitative estimate of drug-likeness (QED) is 0.509. The number of ether oxygens (including phenoxy) is 1. The molecule has 0 bridgehead atoms. The number of thiazole rings is 1. The van der Waals surface area contributed by atoms with Crippen LogP contribution in [0.5, 0.6) is 0 Å². The number of carbonyl (C=O) groups excluding carboxylic acids is 1. The molecule has 0 aliphatic heterocycles. The van der Waals surface area contributed by atoms with Gasteiger partial charge in [0.25, 0.3) is 0 Å². The van der Waals surface area contributed by atoms with Crippen LogP contribution in [0.15, 0.2) is 52.8 Å². The summed E-state index contributed by atoms with van der Waals surface area (Å²) in [5.74, 6) is 0.638. The van der Waals surface area contributed by atoms with Crippen molar-refractivity contribution in [1.29, 1.82) is 0 Å². The number of aromatic nitrogens is 2. The number of aryl methyl sites for hydroxylation is 1. The maximum Gasteiger partial charge on any atom is 0.358 e. The first-order valence-electron chi connectivity index (χ1n) is 7.66. The van der Waals surface area contributed by atoms with Gasteiger partial charge in [-0.1, -0.05) is 24.3 Å². The van der Waals surface area contributed by atoms with Crippen LogP contribution in [0.4, 0.5) is 5.13 Å². The van der Waals surface area contributed by atoms with E-state index in [-0.39, 0.29) is 12.3 Å². The number of anilines is 1. The molecule has 0 saturated carbocycles. The SMILES string of the molecule is C=CCNc1nc(C(=O)OCc2nc(-c3ccccc3)oc2C)cs1. The molecule has 1 aromatic carbocycles. The normalized spacial score (nSPS) is 10.4. The van der Waals surface area contributed by atoms with Gasteiger partial charge in [-0.2, -0.15) is 0 Å². The van der Waals surface area contributed by atoms with E-state index in [1.807, 2.05) is 30.3 Å². The van der Waals surface area contributed by atoms with Gasteiger partial charge in [0, 0.05) is 17.5 Å². The molecule has 0 atom stereocenters. The summed E-state index contributed by atoms with van der Waals surface area (Å²) in [6.45, 7) is 6.04. The second-order valence-electron chi connectivity index (χ2n) is 5.17. The van der Waals surface area contributed by atoms with Crippen LogP contribution in [-0.4, -0.2) is 22.5 Å². The average molecular weight is 355 g/mol. The summed E-state index contributed by atoms with van der Waals surface area (Å²) >= 11 is 1.34. The van der Waals surface area contributed by atoms with E-state index in [0.29, 0.717) is 29.0 Å². The predicted octanol–water partition coefficient (Wildman–Crippen LogP) is 4.06. The number of nitrogens with one attached hydrogen (secondary N) is 1. The van der Waals surface area contributed by atoms with Crippen molar-refractivity contribution in [3.05, 3.63) is 65.5 Å². The van der Waals surface area contributed by atoms with Gasteiger partial charge in [0.05, 0.1) is 0 Å². The third-order valence-electron chi connectivity index (χ3n) is 3.36. The van der Waals surface area contributed by atoms with Gasteiger partial charge in [0.2, 0.25) is 5.89 Å². The predicted molar refractivity (Wildman–Crippen MR) is 96.6 cm³/mol. The van der Waals surface area contributed by atoms with E-state index in [1.165, 1.54) is 11.3 Å². The summed E-state index contributed by atoms with van der Waals surface area (Å²) in [7, 11) is 0. The number of carbonyl (C=O) groups is 1. The van der Waals surface area contributed by atoms with E-state index in [1.54, 1.807) is 18.4 Å². The summed E-state index contributed by atoms with van der Waals surface area (Å²) in [5.41, 5.74) is 1.73. The highest BCUT2D eigenvalue weighted by Gasteiger charge is 2.16. The lowest BCUT2D eigenvalue weighted by Crippen LogP contribution is -2.07. The van der Waals surface area contributed by atoms with Crippen molar-refractivity contribution in [2.75, 3.05) is 11.9 Å². The Morgan fingerprint density at radius 3 is 2.92 bits per heavy atom. The molecule has 7 heteroatoms. The lowest BCUT2D eigenvalue weighted by Gasteiger charge is -2.00. The van der Waals surface area contributed by atoms with E-state index in [4.69, 9.17) is 9.15 Å². The van der Waals surface area contributed by atoms with E-state index < -0.39 is 5.97 Å². The Balaban J connectivity index is 1.63. The molecule has 6 nitrogen and oxygen atoms in total. The summed E-state index contributed by atoms with van der Waals surface area (Å²) in [6, 6.07) is 9.57. The summed E-state index contributed by atoms with van der Waals surface area (Å²) < 4.78 is 10.9. The molecule has 3 aromatic rings. The summed E-state index contributed by atoms with van der Waals surface area (Å²) in [5, 5.41) is 5.33. The number of esters is 1. The Kier molecular flexibility index (Phi) is 5.25. The molecular formula is C18H17N3O3S. The molecule has 0 saturated heterocycles. The molecule has 0 amide bonds. The van der Waals surface area contributed by atoms with Crippen LogP contribution < -0.4 is 5.32 Å². The van der Waals surface area contributed by atoms with Crippen LogP contribution in [0.2, 0.25) is 0 Å². The van der Waals surface area contributed by atoms with Crippen LogP contribution in [0, 0.1) is 6.92 Å². The lowest BCUT2D eigenvalue weighted by atomic mass is 10.2. The minimum absolute atomic E-state index is 0.0357. The van der Waals surface area contributed by atoms with Crippen molar-refractivity contribution in [2.24, 2.45) is 0 Å². The van der Waals surface area contributed by atoms with Crippen LogP contribution >= 0.6 is 11.3 Å². The zero-order valence-corrected chi connectivity index (χ0v) is 14.5. The Morgan fingerprint density at radius 1 is 1.36 bits per heavy atom. The minimum Gasteiger partial charge on any atom is -0.454 e. The van der Waals surface area contributed by atoms with E-state index >= 15 is 0 Å². The van der Waals surface area contributed by atoms with E-state index in [2.05, 4.69) is 21.9 Å². The lowest BCUT2D eigenvalue weighted by molar-refractivity contribution is 0.0461. The number of oxazole rings is 1. The molecular weight excluding hydrogens is 338 g/mol. The maximum absolute atomic E-state index is 12.1. The fourth-order valence-corrected chi connectivity index (χ4v) is 2.77. The zero-order valence-electron chi connectivity index (χ0n) is 13.7. The standard InChI is InChI=1S/C18H17N3O3S/c1-3-9-19-18-21-15(11-25-18)17(22)23-10-14-12(2)24-16(20-14)13-7-5-4-6-8-13/h3-8,11H,1,9-10H2,2H3,(H,19,21). The largest absolute Gasteiger partial charge is 0.454 e. The topological polar surface area (TPSA) is 77.2 Å². The van der Waals surface area contributed by atoms with E-state index in [0.717, 1.165) is 5.56 Å². The molecule has 2 heterocycles. The third kappa shape index (κ3) is 4.13. The van der Waals surface area contributed by atoms with Crippen LogP contribution in [0.1, 0.15) is 21.9 Å². The van der Waals surface area contributed by atoms with E-state index in [9.17, 15) is 4.79 Å². The van der Waals surface area contributed by atoms with Gasteiger partial charge >= 0.3 is 5.97 Å². The third-order valence-corrected chi connectivity index (χ3v) is 4.16. The highest BCUT2D eigenvalue weighted by atomic mass is 32.1. The molecule has 0 fully saturated rings. The highest BCUT2D eigenvalue weighted by Crippen LogP contribution is 2.22. The van der Waals surface area contributed by atoms with Crippen LogP contribution in [0.3, 0.4) is 0 Å². The van der Waals surface area contributed by atoms with Crippen LogP contribution in [-0.2, 0) is 11.3 Å². The van der Waals surface area contributed by atoms with Crippen molar-refractivity contribution in [2.45, 2.75) is 13.5 Å². The number of nitrogens with zero attached hydrogens (tertiary/aromatic N) is 2. The Bertz CT molecular complexity index is 871. The fourth-order valence-electron chi connectivity index (χ4n) is 2.08. The van der Waals surface area contributed by atoms with Crippen LogP contribution in [0.25, 0.3) is 11.5 Å². The molecule has 128 valence electrons. The first-order chi connectivity index (χ1) is 12.2. The fraction of sp³-hybridized carbons (Fsp3) is 0.167. The van der Waals surface area contributed by atoms with Crippen molar-refractivity contribution in [1.82, 2.24) is 9.97 Å². The van der Waals surface area contributed by atoms with Crippen molar-refractivity contribution < 1.29 is 13.9 Å². The van der Waals surface area contributed by atoms with Gasteiger partial charge in [-0.25, -0.2) is 14.8 Å². The molecule has 0 aliphatic rings. The molecule has 2 aromatic heterocycles. The molecule has 0 radical (unpaired) electrons. The van der Waals surface area contributed by atoms with Gasteiger partial charge in [-0.3, -0.25) is 0 Å². The van der Waals surface area contributed by atoms with Crippen molar-refractivity contribution in [3.63, 3.8) is 0 Å². The van der Waals surface area contributed by atoms with Gasteiger partial charge < -0.3 is 14.5 Å². The molecule has 0 unspecified atom stereocenters. The molecule has 3 rings (SSSR count). The Hall–Kier alpha value is -2.93. The second-order valence-corrected chi connectivity index (χ2v) is 6.03. The minimum atomic E-state index is -0.494. The van der Waals surface area contributed by atoms with Gasteiger partial charge in [-0.05, 0) is 19.1 Å². The maximum atomic E-state index is 12.1. The summed E-state index contributed by atoms with van der Waals surface area (Å²) in [6.07, 6.45) is 1.72. The van der Waals surface area contributed by atoms with Gasteiger partial charge in [0.1, 0.15) is 18.1 Å². The molecule has 0 spiro atoms. The second kappa shape index (κ2) is 7.76. The smallest absolute Gasteiger partial charge is 0.358 e. The number of hydrogen-bond donors (Lipinski definition) is 1. The Labute approximate surface area is 149 Å². The molecule has 1 N–H and O–H groups in total. The van der Waals surface area contributed by atoms with Gasteiger partial charge in [-0.15, -0.1) is 17.9 Å². The molecule has 0 aliphatic carbocycles. The summed E-state index contributed by atoms with van der Waals surface area (Å²) in [4.78, 5) is 20.7. The van der Waals surface area contributed by atoms with Crippen molar-refractivity contribution >= 4 is 22.4 Å². The zero-order chi connectivity index (χ0) is 17.6. The number of hydrogen-bond acceptors (Lipinski definition) is 7. The number of rotatable bonds is 7. The monoisotopic (exact) mass is 355 g/mol. The highest BCUT2D eigenvalue weighted by molar-refractivity contribution is 7.13. The average Bonchev–Trinajstić information content (AvgIpc) is 3.25. The number of benzene rings is 1. The first-order valence-corrected chi connectivity index (χ1v) is 8.54. The van der Waals surface area contributed by atoms with Gasteiger partial charge in [0.15, 0.2) is 10.8 Å². The Morgan fingerprint density at radius 2 is 2.16 bits per heavy atom. The van der Waals surface area contributed by atoms with Crippen molar-refractivity contribution in [3.8, 4) is 11.5 Å². The first kappa shape index (κ1) is 16.9. The molecule has 25 heavy (non-hydrogen) atoms.